The van der Waals surface area contributed by atoms with Crippen molar-refractivity contribution in [1.82, 2.24) is 0 Å². The second-order valence-corrected chi connectivity index (χ2v) is 5.25. The Bertz CT molecular complexity index is 942. The maximum Gasteiger partial charge on any atom is 0.205 e. The molecule has 124 valence electrons. The van der Waals surface area contributed by atoms with Gasteiger partial charge in [-0.25, -0.2) is 0 Å². The van der Waals surface area contributed by atoms with Gasteiger partial charge in [-0.15, -0.1) is 0 Å². The van der Waals surface area contributed by atoms with Crippen LogP contribution in [0.15, 0.2) is 45.6 Å². The minimum Gasteiger partial charge on any atom is -0.496 e. The molecule has 0 saturated heterocycles. The third-order valence-electron chi connectivity index (χ3n) is 3.93. The van der Waals surface area contributed by atoms with E-state index in [2.05, 4.69) is 0 Å². The number of aryl methyl sites for hydroxylation is 1. The van der Waals surface area contributed by atoms with Crippen molar-refractivity contribution in [3.63, 3.8) is 0 Å². The summed E-state index contributed by atoms with van der Waals surface area (Å²) in [6.45, 7) is 1.76. The van der Waals surface area contributed by atoms with E-state index in [0.29, 0.717) is 39.5 Å². The Morgan fingerprint density at radius 2 is 1.58 bits per heavy atom. The van der Waals surface area contributed by atoms with Crippen LogP contribution < -0.4 is 19.6 Å². The van der Waals surface area contributed by atoms with Gasteiger partial charge in [0.2, 0.25) is 11.2 Å². The van der Waals surface area contributed by atoms with Crippen LogP contribution >= 0.6 is 0 Å². The first-order valence-corrected chi connectivity index (χ1v) is 7.44. The topological polar surface area (TPSA) is 57.9 Å². The number of hydrogen-bond acceptors (Lipinski definition) is 5. The van der Waals surface area contributed by atoms with Gasteiger partial charge in [-0.2, -0.15) is 0 Å². The van der Waals surface area contributed by atoms with E-state index in [1.165, 1.54) is 21.3 Å². The molecule has 2 aromatic carbocycles. The van der Waals surface area contributed by atoms with Crippen LogP contribution in [0.5, 0.6) is 17.2 Å². The second-order valence-electron chi connectivity index (χ2n) is 5.25. The van der Waals surface area contributed by atoms with E-state index < -0.39 is 0 Å². The fraction of sp³-hybridized carbons (Fsp3) is 0.211. The summed E-state index contributed by atoms with van der Waals surface area (Å²) >= 11 is 0. The first-order chi connectivity index (χ1) is 11.6. The Kier molecular flexibility index (Phi) is 4.16. The molecule has 0 aliphatic rings. The van der Waals surface area contributed by atoms with Gasteiger partial charge in [-0.3, -0.25) is 4.79 Å². The average molecular weight is 326 g/mol. The molecule has 3 aromatic rings. The van der Waals surface area contributed by atoms with E-state index in [4.69, 9.17) is 18.6 Å². The average Bonchev–Trinajstić information content (AvgIpc) is 2.61. The summed E-state index contributed by atoms with van der Waals surface area (Å²) < 4.78 is 22.0. The van der Waals surface area contributed by atoms with E-state index in [-0.39, 0.29) is 5.43 Å². The smallest absolute Gasteiger partial charge is 0.205 e. The Hall–Kier alpha value is -2.95. The van der Waals surface area contributed by atoms with Crippen LogP contribution in [-0.2, 0) is 0 Å². The fourth-order valence-electron chi connectivity index (χ4n) is 2.84. The Labute approximate surface area is 139 Å². The lowest BCUT2D eigenvalue weighted by atomic mass is 10.0. The summed E-state index contributed by atoms with van der Waals surface area (Å²) in [4.78, 5) is 13.2. The molecule has 0 N–H and O–H groups in total. The summed E-state index contributed by atoms with van der Waals surface area (Å²) in [6, 6.07) is 11.0. The zero-order chi connectivity index (χ0) is 17.3. The Balaban J connectivity index is 2.47. The van der Waals surface area contributed by atoms with Crippen LogP contribution in [0.4, 0.5) is 0 Å². The van der Waals surface area contributed by atoms with E-state index in [1.54, 1.807) is 13.0 Å². The predicted octanol–water partition coefficient (Wildman–Crippen LogP) is 3.79. The van der Waals surface area contributed by atoms with Crippen molar-refractivity contribution >= 4 is 11.0 Å². The Morgan fingerprint density at radius 1 is 0.917 bits per heavy atom. The molecule has 5 heteroatoms. The summed E-state index contributed by atoms with van der Waals surface area (Å²) in [7, 11) is 4.53. The molecule has 0 spiro atoms. The number of benzene rings is 2. The third kappa shape index (κ3) is 2.38. The van der Waals surface area contributed by atoms with Crippen LogP contribution in [-0.4, -0.2) is 21.3 Å². The van der Waals surface area contributed by atoms with Crippen molar-refractivity contribution in [2.75, 3.05) is 21.3 Å². The number of methoxy groups -OCH3 is 3. The summed E-state index contributed by atoms with van der Waals surface area (Å²) in [6.07, 6.45) is 0. The Morgan fingerprint density at radius 3 is 2.17 bits per heavy atom. The van der Waals surface area contributed by atoms with Crippen LogP contribution in [0, 0.1) is 6.92 Å². The molecule has 3 rings (SSSR count). The van der Waals surface area contributed by atoms with Gasteiger partial charge in [0.15, 0.2) is 11.3 Å². The zero-order valence-electron chi connectivity index (χ0n) is 14.0. The first-order valence-electron chi connectivity index (χ1n) is 7.44. The lowest BCUT2D eigenvalue weighted by Crippen LogP contribution is -2.10. The standard InChI is InChI=1S/C19H18O5/c1-11-15(12-8-6-5-7-9-12)17(20)16-13(21-2)10-14(22-3)18(23-4)19(16)24-11/h5-10H,1-4H3. The molecule has 0 fully saturated rings. The highest BCUT2D eigenvalue weighted by Gasteiger charge is 2.23. The molecule has 0 saturated carbocycles. The van der Waals surface area contributed by atoms with Gasteiger partial charge >= 0.3 is 0 Å². The number of ether oxygens (including phenoxy) is 3. The molecule has 0 amide bonds. The molecule has 0 aliphatic heterocycles. The second kappa shape index (κ2) is 6.28. The van der Waals surface area contributed by atoms with E-state index >= 15 is 0 Å². The van der Waals surface area contributed by atoms with Crippen LogP contribution in [0.3, 0.4) is 0 Å². The highest BCUT2D eigenvalue weighted by Crippen LogP contribution is 2.41. The minimum absolute atomic E-state index is 0.169. The molecule has 1 heterocycles. The van der Waals surface area contributed by atoms with Gasteiger partial charge in [0.1, 0.15) is 16.9 Å². The monoisotopic (exact) mass is 326 g/mol. The van der Waals surface area contributed by atoms with Crippen molar-refractivity contribution in [2.24, 2.45) is 0 Å². The molecular formula is C19H18O5. The summed E-state index contributed by atoms with van der Waals surface area (Å²) in [5.41, 5.74) is 1.45. The van der Waals surface area contributed by atoms with Crippen LogP contribution in [0.2, 0.25) is 0 Å². The van der Waals surface area contributed by atoms with Crippen molar-refractivity contribution in [1.29, 1.82) is 0 Å². The normalized spacial score (nSPS) is 10.7. The third-order valence-corrected chi connectivity index (χ3v) is 3.93. The molecule has 0 radical (unpaired) electrons. The molecule has 24 heavy (non-hydrogen) atoms. The van der Waals surface area contributed by atoms with Crippen LogP contribution in [0.1, 0.15) is 5.76 Å². The molecule has 0 unspecified atom stereocenters. The largest absolute Gasteiger partial charge is 0.496 e. The van der Waals surface area contributed by atoms with Gasteiger partial charge in [-0.1, -0.05) is 30.3 Å². The predicted molar refractivity (Wildman–Crippen MR) is 92.3 cm³/mol. The minimum atomic E-state index is -0.169. The van der Waals surface area contributed by atoms with Gasteiger partial charge in [0.25, 0.3) is 0 Å². The molecule has 0 bridgehead atoms. The van der Waals surface area contributed by atoms with Gasteiger partial charge in [-0.05, 0) is 12.5 Å². The van der Waals surface area contributed by atoms with E-state index in [9.17, 15) is 4.79 Å². The van der Waals surface area contributed by atoms with Crippen molar-refractivity contribution in [2.45, 2.75) is 6.92 Å². The van der Waals surface area contributed by atoms with Crippen molar-refractivity contribution in [3.8, 4) is 28.4 Å². The van der Waals surface area contributed by atoms with E-state index in [1.807, 2.05) is 30.3 Å². The molecule has 0 atom stereocenters. The van der Waals surface area contributed by atoms with Crippen molar-refractivity contribution < 1.29 is 18.6 Å². The fourth-order valence-corrected chi connectivity index (χ4v) is 2.84. The molecule has 0 aliphatic carbocycles. The van der Waals surface area contributed by atoms with Crippen LogP contribution in [0.25, 0.3) is 22.1 Å². The SMILES string of the molecule is COc1cc(OC)c2c(=O)c(-c3ccccc3)c(C)oc2c1OC. The quantitative estimate of drug-likeness (QED) is 0.730. The van der Waals surface area contributed by atoms with Gasteiger partial charge < -0.3 is 18.6 Å². The maximum atomic E-state index is 13.2. The lowest BCUT2D eigenvalue weighted by Gasteiger charge is -2.15. The van der Waals surface area contributed by atoms with Gasteiger partial charge in [0.05, 0.1) is 26.9 Å². The zero-order valence-corrected chi connectivity index (χ0v) is 14.0. The number of rotatable bonds is 4. The van der Waals surface area contributed by atoms with Crippen molar-refractivity contribution in [3.05, 3.63) is 52.4 Å². The summed E-state index contributed by atoms with van der Waals surface area (Å²) in [5.74, 6) is 1.70. The van der Waals surface area contributed by atoms with Gasteiger partial charge in [0, 0.05) is 6.07 Å². The molecule has 5 nitrogen and oxygen atoms in total. The molecule has 1 aromatic heterocycles. The molecular weight excluding hydrogens is 308 g/mol. The highest BCUT2D eigenvalue weighted by atomic mass is 16.5. The summed E-state index contributed by atoms with van der Waals surface area (Å²) in [5, 5.41) is 0.333. The highest BCUT2D eigenvalue weighted by molar-refractivity contribution is 5.93. The number of hydrogen-bond donors (Lipinski definition) is 0. The van der Waals surface area contributed by atoms with E-state index in [0.717, 1.165) is 5.56 Å². The maximum absolute atomic E-state index is 13.2. The first kappa shape index (κ1) is 15.9. The lowest BCUT2D eigenvalue weighted by molar-refractivity contribution is 0.347. The number of fused-ring (bicyclic) bond motifs is 1.